The lowest BCUT2D eigenvalue weighted by Crippen LogP contribution is -2.45. The molecule has 1 heterocycles. The molecule has 1 atom stereocenters. The van der Waals surface area contributed by atoms with Crippen molar-refractivity contribution in [3.05, 3.63) is 29.8 Å². The largest absolute Gasteiger partial charge is 0.444 e. The highest BCUT2D eigenvalue weighted by Crippen LogP contribution is 2.17. The third-order valence-electron chi connectivity index (χ3n) is 5.31. The molecule has 1 aromatic carbocycles. The highest BCUT2D eigenvalue weighted by Gasteiger charge is 2.20. The highest BCUT2D eigenvalue weighted by atomic mass is 127. The summed E-state index contributed by atoms with van der Waals surface area (Å²) in [6.45, 7) is 15.5. The number of guanidine groups is 1. The zero-order chi connectivity index (χ0) is 23.6. The van der Waals surface area contributed by atoms with Crippen LogP contribution in [0.3, 0.4) is 0 Å². The molecule has 0 aromatic heterocycles. The van der Waals surface area contributed by atoms with E-state index in [4.69, 9.17) is 4.74 Å². The SMILES string of the molecule is CN=C(NCCc1ccc(NC(=O)OC(C)(C)C)cc1)NCC1CCCN(CC(C)C)C1.I. The fraction of sp³-hybridized carbons (Fsp3) is 0.680. The number of carbonyl (C=O) groups is 1. The van der Waals surface area contributed by atoms with Crippen LogP contribution in [0.4, 0.5) is 10.5 Å². The van der Waals surface area contributed by atoms with E-state index >= 15 is 0 Å². The molecule has 1 aliphatic rings. The molecule has 1 fully saturated rings. The van der Waals surface area contributed by atoms with Crippen molar-refractivity contribution in [1.29, 1.82) is 0 Å². The zero-order valence-corrected chi connectivity index (χ0v) is 23.6. The number of aliphatic imine (C=N–C) groups is 1. The number of nitrogens with one attached hydrogen (secondary N) is 3. The second-order valence-corrected chi connectivity index (χ2v) is 10.1. The lowest BCUT2D eigenvalue weighted by atomic mass is 9.97. The first-order valence-electron chi connectivity index (χ1n) is 11.9. The van der Waals surface area contributed by atoms with Crippen molar-refractivity contribution >= 4 is 41.7 Å². The number of nitrogens with zero attached hydrogens (tertiary/aromatic N) is 2. The standard InChI is InChI=1S/C25H43N5O2.HI/c1-19(2)17-30-15-7-8-21(18-30)16-28-23(26-6)27-14-13-20-9-11-22(12-10-20)29-24(31)32-25(3,4)5;/h9-12,19,21H,7-8,13-18H2,1-6H3,(H,29,31)(H2,26,27,28);1H. The molecule has 3 N–H and O–H groups in total. The number of hydrogen-bond acceptors (Lipinski definition) is 4. The summed E-state index contributed by atoms with van der Waals surface area (Å²) in [5.41, 5.74) is 1.42. The van der Waals surface area contributed by atoms with E-state index in [-0.39, 0.29) is 24.0 Å². The van der Waals surface area contributed by atoms with Gasteiger partial charge in [0.25, 0.3) is 0 Å². The molecule has 33 heavy (non-hydrogen) atoms. The average Bonchev–Trinajstić information content (AvgIpc) is 2.70. The van der Waals surface area contributed by atoms with Crippen molar-refractivity contribution in [2.75, 3.05) is 45.1 Å². The monoisotopic (exact) mass is 573 g/mol. The number of carbonyl (C=O) groups excluding carboxylic acids is 1. The van der Waals surface area contributed by atoms with Gasteiger partial charge in [-0.1, -0.05) is 26.0 Å². The summed E-state index contributed by atoms with van der Waals surface area (Å²) < 4.78 is 5.28. The third-order valence-corrected chi connectivity index (χ3v) is 5.31. The van der Waals surface area contributed by atoms with Crippen LogP contribution in [0.1, 0.15) is 53.0 Å². The number of anilines is 1. The van der Waals surface area contributed by atoms with E-state index in [1.807, 2.05) is 52.1 Å². The second kappa shape index (κ2) is 14.7. The number of hydrogen-bond donors (Lipinski definition) is 3. The molecule has 1 unspecified atom stereocenters. The van der Waals surface area contributed by atoms with Gasteiger partial charge in [-0.25, -0.2) is 4.79 Å². The predicted octanol–water partition coefficient (Wildman–Crippen LogP) is 4.73. The first-order valence-corrected chi connectivity index (χ1v) is 11.9. The highest BCUT2D eigenvalue weighted by molar-refractivity contribution is 14.0. The van der Waals surface area contributed by atoms with Crippen LogP contribution in [0.15, 0.2) is 29.3 Å². The van der Waals surface area contributed by atoms with Gasteiger partial charge in [-0.05, 0) is 76.1 Å². The maximum absolute atomic E-state index is 11.9. The second-order valence-electron chi connectivity index (χ2n) is 10.1. The molecule has 2 rings (SSSR count). The Morgan fingerprint density at radius 2 is 1.91 bits per heavy atom. The van der Waals surface area contributed by atoms with Crippen molar-refractivity contribution in [1.82, 2.24) is 15.5 Å². The number of likely N-dealkylation sites (tertiary alicyclic amines) is 1. The lowest BCUT2D eigenvalue weighted by molar-refractivity contribution is 0.0636. The maximum atomic E-state index is 11.9. The predicted molar refractivity (Wildman–Crippen MR) is 149 cm³/mol. The number of ether oxygens (including phenoxy) is 1. The first-order chi connectivity index (χ1) is 15.1. The average molecular weight is 574 g/mol. The smallest absolute Gasteiger partial charge is 0.412 e. The van der Waals surface area contributed by atoms with Crippen molar-refractivity contribution in [2.45, 2.75) is 59.5 Å². The number of benzene rings is 1. The molecular formula is C25H44IN5O2. The van der Waals surface area contributed by atoms with Gasteiger partial charge in [-0.2, -0.15) is 0 Å². The van der Waals surface area contributed by atoms with Gasteiger partial charge in [-0.15, -0.1) is 24.0 Å². The normalized spacial score (nSPS) is 17.3. The van der Waals surface area contributed by atoms with Crippen molar-refractivity contribution in [3.8, 4) is 0 Å². The van der Waals surface area contributed by atoms with Gasteiger partial charge in [0.2, 0.25) is 0 Å². The van der Waals surface area contributed by atoms with Gasteiger partial charge in [0.15, 0.2) is 5.96 Å². The van der Waals surface area contributed by atoms with Crippen LogP contribution in [-0.2, 0) is 11.2 Å². The molecule has 0 saturated carbocycles. The third kappa shape index (κ3) is 12.5. The van der Waals surface area contributed by atoms with E-state index in [0.29, 0.717) is 5.92 Å². The molecule has 1 aliphatic heterocycles. The first kappa shape index (κ1) is 29.5. The van der Waals surface area contributed by atoms with E-state index in [1.54, 1.807) is 0 Å². The van der Waals surface area contributed by atoms with E-state index < -0.39 is 11.7 Å². The van der Waals surface area contributed by atoms with Gasteiger partial charge >= 0.3 is 6.09 Å². The zero-order valence-electron chi connectivity index (χ0n) is 21.2. The van der Waals surface area contributed by atoms with Crippen molar-refractivity contribution in [2.24, 2.45) is 16.8 Å². The van der Waals surface area contributed by atoms with Crippen LogP contribution < -0.4 is 16.0 Å². The maximum Gasteiger partial charge on any atom is 0.412 e. The van der Waals surface area contributed by atoms with Gasteiger partial charge < -0.3 is 20.3 Å². The topological polar surface area (TPSA) is 78.0 Å². The van der Waals surface area contributed by atoms with Crippen LogP contribution in [0.25, 0.3) is 0 Å². The Bertz CT molecular complexity index is 731. The van der Waals surface area contributed by atoms with E-state index in [1.165, 1.54) is 38.0 Å². The van der Waals surface area contributed by atoms with Crippen molar-refractivity contribution in [3.63, 3.8) is 0 Å². The van der Waals surface area contributed by atoms with E-state index in [2.05, 4.69) is 39.7 Å². The summed E-state index contributed by atoms with van der Waals surface area (Å²) >= 11 is 0. The Morgan fingerprint density at radius 3 is 2.52 bits per heavy atom. The molecule has 7 nitrogen and oxygen atoms in total. The van der Waals surface area contributed by atoms with Gasteiger partial charge in [-0.3, -0.25) is 10.3 Å². The van der Waals surface area contributed by atoms with Gasteiger partial charge in [0.05, 0.1) is 0 Å². The van der Waals surface area contributed by atoms with Crippen LogP contribution >= 0.6 is 24.0 Å². The molecule has 0 radical (unpaired) electrons. The summed E-state index contributed by atoms with van der Waals surface area (Å²) in [4.78, 5) is 18.8. The van der Waals surface area contributed by atoms with E-state index in [9.17, 15) is 4.79 Å². The van der Waals surface area contributed by atoms with Crippen LogP contribution in [-0.4, -0.2) is 62.3 Å². The Morgan fingerprint density at radius 1 is 1.21 bits per heavy atom. The van der Waals surface area contributed by atoms with E-state index in [0.717, 1.165) is 37.1 Å². The molecule has 1 amide bonds. The summed E-state index contributed by atoms with van der Waals surface area (Å²) in [7, 11) is 1.82. The fourth-order valence-electron chi connectivity index (χ4n) is 3.96. The minimum absolute atomic E-state index is 0. The van der Waals surface area contributed by atoms with Crippen LogP contribution in [0.5, 0.6) is 0 Å². The molecule has 8 heteroatoms. The lowest BCUT2D eigenvalue weighted by Gasteiger charge is -2.34. The molecular weight excluding hydrogens is 529 g/mol. The van der Waals surface area contributed by atoms with Crippen molar-refractivity contribution < 1.29 is 9.53 Å². The minimum Gasteiger partial charge on any atom is -0.444 e. The summed E-state index contributed by atoms with van der Waals surface area (Å²) in [5, 5.41) is 9.67. The molecule has 0 spiro atoms. The Labute approximate surface area is 217 Å². The number of amides is 1. The Hall–Kier alpha value is -1.55. The fourth-order valence-corrected chi connectivity index (χ4v) is 3.96. The number of piperidine rings is 1. The van der Waals surface area contributed by atoms with Gasteiger partial charge in [0.1, 0.15) is 5.60 Å². The summed E-state index contributed by atoms with van der Waals surface area (Å²) in [6, 6.07) is 7.85. The molecule has 1 saturated heterocycles. The summed E-state index contributed by atoms with van der Waals surface area (Å²) in [5.74, 6) is 2.25. The molecule has 0 aliphatic carbocycles. The van der Waals surface area contributed by atoms with Crippen LogP contribution in [0.2, 0.25) is 0 Å². The van der Waals surface area contributed by atoms with Crippen LogP contribution in [0, 0.1) is 11.8 Å². The van der Waals surface area contributed by atoms with Gasteiger partial charge in [0, 0.05) is 38.9 Å². The summed E-state index contributed by atoms with van der Waals surface area (Å²) in [6.07, 6.45) is 3.00. The molecule has 1 aromatic rings. The molecule has 0 bridgehead atoms. The molecule has 188 valence electrons. The number of halogens is 1. The number of rotatable bonds is 8. The Balaban J connectivity index is 0.00000544. The minimum atomic E-state index is -0.507. The quantitative estimate of drug-likeness (QED) is 0.238. The Kier molecular flexibility index (Phi) is 13.1.